The SMILES string of the molecule is CCc1ccc(N(C)c2ncccc2Br)cc1. The van der Waals surface area contributed by atoms with E-state index in [0.717, 1.165) is 22.4 Å². The molecule has 0 aliphatic carbocycles. The molecule has 1 heterocycles. The van der Waals surface area contributed by atoms with Crippen LogP contribution in [0.15, 0.2) is 47.1 Å². The molecule has 0 N–H and O–H groups in total. The third kappa shape index (κ3) is 2.67. The van der Waals surface area contributed by atoms with Crippen LogP contribution in [0.2, 0.25) is 0 Å². The Bertz CT molecular complexity index is 494. The van der Waals surface area contributed by atoms with Crippen molar-refractivity contribution in [1.82, 2.24) is 4.98 Å². The molecule has 0 aliphatic heterocycles. The predicted molar refractivity (Wildman–Crippen MR) is 75.8 cm³/mol. The van der Waals surface area contributed by atoms with Gasteiger partial charge >= 0.3 is 0 Å². The van der Waals surface area contributed by atoms with E-state index in [4.69, 9.17) is 0 Å². The number of pyridine rings is 1. The topological polar surface area (TPSA) is 16.1 Å². The van der Waals surface area contributed by atoms with Gasteiger partial charge in [-0.25, -0.2) is 4.98 Å². The second kappa shape index (κ2) is 5.32. The van der Waals surface area contributed by atoms with Crippen LogP contribution in [0.25, 0.3) is 0 Å². The van der Waals surface area contributed by atoms with Gasteiger partial charge in [-0.3, -0.25) is 0 Å². The van der Waals surface area contributed by atoms with Crippen LogP contribution in [0.5, 0.6) is 0 Å². The maximum Gasteiger partial charge on any atom is 0.147 e. The molecule has 2 rings (SSSR count). The normalized spacial score (nSPS) is 10.3. The highest BCUT2D eigenvalue weighted by Gasteiger charge is 2.08. The quantitative estimate of drug-likeness (QED) is 0.843. The molecule has 0 amide bonds. The van der Waals surface area contributed by atoms with Crippen molar-refractivity contribution < 1.29 is 0 Å². The zero-order valence-electron chi connectivity index (χ0n) is 10.0. The Hall–Kier alpha value is -1.35. The molecule has 0 saturated heterocycles. The monoisotopic (exact) mass is 290 g/mol. The van der Waals surface area contributed by atoms with Gasteiger partial charge in [-0.2, -0.15) is 0 Å². The lowest BCUT2D eigenvalue weighted by Gasteiger charge is -2.19. The molecule has 2 nitrogen and oxygen atoms in total. The van der Waals surface area contributed by atoms with Gasteiger partial charge in [0.1, 0.15) is 5.82 Å². The number of hydrogen-bond acceptors (Lipinski definition) is 2. The fraction of sp³-hybridized carbons (Fsp3) is 0.214. The maximum atomic E-state index is 4.38. The van der Waals surface area contributed by atoms with Gasteiger partial charge in [0, 0.05) is 18.9 Å². The summed E-state index contributed by atoms with van der Waals surface area (Å²) in [6, 6.07) is 12.5. The number of nitrogens with zero attached hydrogens (tertiary/aromatic N) is 2. The van der Waals surface area contributed by atoms with Crippen molar-refractivity contribution in [3.05, 3.63) is 52.6 Å². The van der Waals surface area contributed by atoms with Crippen molar-refractivity contribution in [3.8, 4) is 0 Å². The molecular weight excluding hydrogens is 276 g/mol. The number of anilines is 2. The molecular formula is C14H15BrN2. The van der Waals surface area contributed by atoms with Crippen LogP contribution in [-0.4, -0.2) is 12.0 Å². The molecule has 0 bridgehead atoms. The summed E-state index contributed by atoms with van der Waals surface area (Å²) in [7, 11) is 2.02. The maximum absolute atomic E-state index is 4.38. The van der Waals surface area contributed by atoms with Crippen LogP contribution in [0.4, 0.5) is 11.5 Å². The second-order valence-electron chi connectivity index (χ2n) is 3.89. The molecule has 0 aliphatic rings. The first-order valence-electron chi connectivity index (χ1n) is 5.65. The fourth-order valence-corrected chi connectivity index (χ4v) is 2.22. The molecule has 88 valence electrons. The fourth-order valence-electron chi connectivity index (χ4n) is 1.70. The van der Waals surface area contributed by atoms with Crippen molar-refractivity contribution in [2.24, 2.45) is 0 Å². The summed E-state index contributed by atoms with van der Waals surface area (Å²) in [4.78, 5) is 6.45. The first-order valence-corrected chi connectivity index (χ1v) is 6.45. The van der Waals surface area contributed by atoms with E-state index in [1.54, 1.807) is 6.20 Å². The highest BCUT2D eigenvalue weighted by molar-refractivity contribution is 9.10. The molecule has 0 unspecified atom stereocenters. The van der Waals surface area contributed by atoms with Gasteiger partial charge in [-0.05, 0) is 52.2 Å². The third-order valence-corrected chi connectivity index (χ3v) is 3.41. The van der Waals surface area contributed by atoms with E-state index in [2.05, 4.69) is 57.0 Å². The standard InChI is InChI=1S/C14H15BrN2/c1-3-11-6-8-12(9-7-11)17(2)14-13(15)5-4-10-16-14/h4-10H,3H2,1-2H3. The zero-order valence-corrected chi connectivity index (χ0v) is 11.6. The Balaban J connectivity index is 2.30. The minimum atomic E-state index is 0.928. The van der Waals surface area contributed by atoms with Gasteiger partial charge in [-0.15, -0.1) is 0 Å². The Morgan fingerprint density at radius 1 is 1.18 bits per heavy atom. The molecule has 2 aromatic rings. The summed E-state index contributed by atoms with van der Waals surface area (Å²) >= 11 is 3.52. The molecule has 0 atom stereocenters. The van der Waals surface area contributed by atoms with Gasteiger partial charge in [0.25, 0.3) is 0 Å². The Labute approximate surface area is 110 Å². The number of benzene rings is 1. The highest BCUT2D eigenvalue weighted by atomic mass is 79.9. The second-order valence-corrected chi connectivity index (χ2v) is 4.74. The summed E-state index contributed by atoms with van der Waals surface area (Å²) in [5.41, 5.74) is 2.49. The summed E-state index contributed by atoms with van der Waals surface area (Å²) < 4.78 is 1.00. The van der Waals surface area contributed by atoms with Crippen LogP contribution in [-0.2, 0) is 6.42 Å². The molecule has 0 spiro atoms. The van der Waals surface area contributed by atoms with Gasteiger partial charge < -0.3 is 4.90 Å². The molecule has 0 saturated carbocycles. The Morgan fingerprint density at radius 2 is 1.88 bits per heavy atom. The molecule has 0 fully saturated rings. The van der Waals surface area contributed by atoms with E-state index in [1.165, 1.54) is 5.56 Å². The summed E-state index contributed by atoms with van der Waals surface area (Å²) in [6.45, 7) is 2.16. The Kier molecular flexibility index (Phi) is 3.79. The van der Waals surface area contributed by atoms with Crippen LogP contribution in [0.3, 0.4) is 0 Å². The van der Waals surface area contributed by atoms with Crippen molar-refractivity contribution >= 4 is 27.4 Å². The summed E-state index contributed by atoms with van der Waals surface area (Å²) in [5.74, 6) is 0.928. The largest absolute Gasteiger partial charge is 0.329 e. The molecule has 0 radical (unpaired) electrons. The lowest BCUT2D eigenvalue weighted by molar-refractivity contribution is 1.10. The van der Waals surface area contributed by atoms with E-state index >= 15 is 0 Å². The van der Waals surface area contributed by atoms with Gasteiger partial charge in [-0.1, -0.05) is 19.1 Å². The van der Waals surface area contributed by atoms with Crippen LogP contribution >= 0.6 is 15.9 Å². The van der Waals surface area contributed by atoms with Crippen molar-refractivity contribution in [3.63, 3.8) is 0 Å². The first-order chi connectivity index (χ1) is 8.22. The lowest BCUT2D eigenvalue weighted by atomic mass is 10.1. The van der Waals surface area contributed by atoms with Gasteiger partial charge in [0.05, 0.1) is 4.47 Å². The zero-order chi connectivity index (χ0) is 12.3. The molecule has 1 aromatic heterocycles. The molecule has 1 aromatic carbocycles. The number of aryl methyl sites for hydroxylation is 1. The minimum Gasteiger partial charge on any atom is -0.329 e. The average molecular weight is 291 g/mol. The Morgan fingerprint density at radius 3 is 2.47 bits per heavy atom. The minimum absolute atomic E-state index is 0.928. The van der Waals surface area contributed by atoms with Crippen LogP contribution in [0.1, 0.15) is 12.5 Å². The van der Waals surface area contributed by atoms with Crippen LogP contribution < -0.4 is 4.90 Å². The van der Waals surface area contributed by atoms with Crippen molar-refractivity contribution in [2.75, 3.05) is 11.9 Å². The number of aromatic nitrogens is 1. The molecule has 3 heteroatoms. The first kappa shape index (κ1) is 12.1. The van der Waals surface area contributed by atoms with Crippen molar-refractivity contribution in [1.29, 1.82) is 0 Å². The van der Waals surface area contributed by atoms with Crippen LogP contribution in [0, 0.1) is 0 Å². The third-order valence-electron chi connectivity index (χ3n) is 2.79. The van der Waals surface area contributed by atoms with Gasteiger partial charge in [0.15, 0.2) is 0 Å². The lowest BCUT2D eigenvalue weighted by Crippen LogP contribution is -2.11. The highest BCUT2D eigenvalue weighted by Crippen LogP contribution is 2.28. The smallest absolute Gasteiger partial charge is 0.147 e. The number of halogens is 1. The van der Waals surface area contributed by atoms with E-state index in [1.807, 2.05) is 19.2 Å². The predicted octanol–water partition coefficient (Wildman–Crippen LogP) is 4.17. The summed E-state index contributed by atoms with van der Waals surface area (Å²) in [6.07, 6.45) is 2.87. The van der Waals surface area contributed by atoms with E-state index in [9.17, 15) is 0 Å². The van der Waals surface area contributed by atoms with Crippen molar-refractivity contribution in [2.45, 2.75) is 13.3 Å². The van der Waals surface area contributed by atoms with E-state index in [0.29, 0.717) is 0 Å². The van der Waals surface area contributed by atoms with Gasteiger partial charge in [0.2, 0.25) is 0 Å². The van der Waals surface area contributed by atoms with E-state index < -0.39 is 0 Å². The molecule has 17 heavy (non-hydrogen) atoms. The summed E-state index contributed by atoms with van der Waals surface area (Å²) in [5, 5.41) is 0. The number of rotatable bonds is 3. The van der Waals surface area contributed by atoms with E-state index in [-0.39, 0.29) is 0 Å². The average Bonchev–Trinajstić information content (AvgIpc) is 2.39. The number of hydrogen-bond donors (Lipinski definition) is 0.